The second-order valence-electron chi connectivity index (χ2n) is 4.09. The molecule has 2 aromatic rings. The molecule has 1 aromatic heterocycles. The second-order valence-corrected chi connectivity index (χ2v) is 5.09. The monoisotopic (exact) mass is 290 g/mol. The van der Waals surface area contributed by atoms with Crippen molar-refractivity contribution in [2.75, 3.05) is 12.4 Å². The number of esters is 1. The summed E-state index contributed by atoms with van der Waals surface area (Å²) < 4.78 is 4.67. The standard InChI is InChI=1S/C14H14N2O3S/c1-19-14(18)9-3-2-4-11(5-9)16-7-12-6-10(8-20-12)13(15)17/h2-6,8,16H,7H2,1H3,(H2,15,17). The second kappa shape index (κ2) is 6.21. The van der Waals surface area contributed by atoms with Crippen LogP contribution in [0.2, 0.25) is 0 Å². The number of benzene rings is 1. The minimum atomic E-state index is -0.430. The van der Waals surface area contributed by atoms with Crippen LogP contribution in [0.15, 0.2) is 35.7 Å². The van der Waals surface area contributed by atoms with Gasteiger partial charge in [-0.25, -0.2) is 4.79 Å². The van der Waals surface area contributed by atoms with Gasteiger partial charge in [0.2, 0.25) is 5.91 Å². The minimum Gasteiger partial charge on any atom is -0.465 e. The van der Waals surface area contributed by atoms with Gasteiger partial charge in [0.1, 0.15) is 0 Å². The van der Waals surface area contributed by atoms with Gasteiger partial charge in [0.15, 0.2) is 0 Å². The number of rotatable bonds is 5. The topological polar surface area (TPSA) is 81.4 Å². The largest absolute Gasteiger partial charge is 0.465 e. The number of ether oxygens (including phenoxy) is 1. The molecule has 2 rings (SSSR count). The Kier molecular flexibility index (Phi) is 4.37. The Balaban J connectivity index is 2.03. The van der Waals surface area contributed by atoms with Gasteiger partial charge >= 0.3 is 5.97 Å². The van der Waals surface area contributed by atoms with Crippen molar-refractivity contribution in [1.82, 2.24) is 0 Å². The van der Waals surface area contributed by atoms with Gasteiger partial charge in [-0.2, -0.15) is 0 Å². The molecule has 0 saturated carbocycles. The molecule has 0 unspecified atom stereocenters. The van der Waals surface area contributed by atoms with Crippen LogP contribution in [-0.2, 0) is 11.3 Å². The molecule has 6 heteroatoms. The van der Waals surface area contributed by atoms with Gasteiger partial charge in [-0.15, -0.1) is 11.3 Å². The lowest BCUT2D eigenvalue weighted by molar-refractivity contribution is 0.0600. The number of hydrogen-bond acceptors (Lipinski definition) is 5. The highest BCUT2D eigenvalue weighted by Gasteiger charge is 2.07. The molecule has 0 radical (unpaired) electrons. The lowest BCUT2D eigenvalue weighted by atomic mass is 10.2. The highest BCUT2D eigenvalue weighted by Crippen LogP contribution is 2.17. The number of amides is 1. The number of nitrogens with one attached hydrogen (secondary N) is 1. The lowest BCUT2D eigenvalue weighted by Crippen LogP contribution is -2.09. The summed E-state index contributed by atoms with van der Waals surface area (Å²) in [5, 5.41) is 4.91. The normalized spacial score (nSPS) is 10.1. The smallest absolute Gasteiger partial charge is 0.337 e. The summed E-state index contributed by atoms with van der Waals surface area (Å²) in [6, 6.07) is 8.79. The Morgan fingerprint density at radius 1 is 1.30 bits per heavy atom. The zero-order valence-electron chi connectivity index (χ0n) is 10.9. The number of hydrogen-bond donors (Lipinski definition) is 2. The summed E-state index contributed by atoms with van der Waals surface area (Å²) in [7, 11) is 1.35. The van der Waals surface area contributed by atoms with Crippen LogP contribution in [-0.4, -0.2) is 19.0 Å². The Hall–Kier alpha value is -2.34. The third-order valence-electron chi connectivity index (χ3n) is 2.69. The average Bonchev–Trinajstić information content (AvgIpc) is 2.93. The maximum atomic E-state index is 11.4. The van der Waals surface area contributed by atoms with Crippen LogP contribution in [0.4, 0.5) is 5.69 Å². The first-order chi connectivity index (χ1) is 9.60. The molecule has 0 spiro atoms. The van der Waals surface area contributed by atoms with E-state index in [0.717, 1.165) is 10.6 Å². The van der Waals surface area contributed by atoms with E-state index in [1.807, 2.05) is 6.07 Å². The highest BCUT2D eigenvalue weighted by atomic mass is 32.1. The Bertz CT molecular complexity index is 637. The van der Waals surface area contributed by atoms with Gasteiger partial charge in [0.25, 0.3) is 0 Å². The van der Waals surface area contributed by atoms with Crippen molar-refractivity contribution in [3.05, 3.63) is 51.7 Å². The van der Waals surface area contributed by atoms with Crippen molar-refractivity contribution < 1.29 is 14.3 Å². The molecule has 0 aliphatic heterocycles. The summed E-state index contributed by atoms with van der Waals surface area (Å²) in [5.74, 6) is -0.805. The molecular formula is C14H14N2O3S. The average molecular weight is 290 g/mol. The summed E-state index contributed by atoms with van der Waals surface area (Å²) in [6.07, 6.45) is 0. The van der Waals surface area contributed by atoms with Gasteiger partial charge < -0.3 is 15.8 Å². The van der Waals surface area contributed by atoms with E-state index in [2.05, 4.69) is 10.1 Å². The summed E-state index contributed by atoms with van der Waals surface area (Å²) in [6.45, 7) is 0.558. The number of carbonyl (C=O) groups is 2. The van der Waals surface area contributed by atoms with Crippen molar-refractivity contribution in [3.63, 3.8) is 0 Å². The molecule has 0 fully saturated rings. The predicted molar refractivity (Wildman–Crippen MR) is 77.9 cm³/mol. The predicted octanol–water partition coefficient (Wildman–Crippen LogP) is 2.25. The van der Waals surface area contributed by atoms with E-state index in [0.29, 0.717) is 17.7 Å². The Morgan fingerprint density at radius 2 is 2.10 bits per heavy atom. The first-order valence-corrected chi connectivity index (χ1v) is 6.77. The van der Waals surface area contributed by atoms with Crippen LogP contribution in [0.5, 0.6) is 0 Å². The van der Waals surface area contributed by atoms with Crippen LogP contribution in [0.1, 0.15) is 25.6 Å². The first kappa shape index (κ1) is 14.1. The molecule has 3 N–H and O–H groups in total. The summed E-state index contributed by atoms with van der Waals surface area (Å²) in [5.41, 5.74) is 7.00. The van der Waals surface area contributed by atoms with Gasteiger partial charge in [-0.3, -0.25) is 4.79 Å². The molecule has 1 amide bonds. The zero-order chi connectivity index (χ0) is 14.5. The molecule has 0 saturated heterocycles. The van der Waals surface area contributed by atoms with Crippen LogP contribution in [0.3, 0.4) is 0 Å². The number of methoxy groups -OCH3 is 1. The maximum absolute atomic E-state index is 11.4. The van der Waals surface area contributed by atoms with Crippen LogP contribution in [0, 0.1) is 0 Å². The highest BCUT2D eigenvalue weighted by molar-refractivity contribution is 7.10. The van der Waals surface area contributed by atoms with Crippen molar-refractivity contribution in [1.29, 1.82) is 0 Å². The van der Waals surface area contributed by atoms with E-state index >= 15 is 0 Å². The first-order valence-electron chi connectivity index (χ1n) is 5.89. The summed E-state index contributed by atoms with van der Waals surface area (Å²) >= 11 is 1.46. The van der Waals surface area contributed by atoms with Crippen molar-refractivity contribution in [2.45, 2.75) is 6.54 Å². The van der Waals surface area contributed by atoms with Crippen molar-refractivity contribution >= 4 is 28.9 Å². The molecule has 0 aliphatic rings. The molecule has 0 atom stereocenters. The fourth-order valence-corrected chi connectivity index (χ4v) is 2.48. The summed E-state index contributed by atoms with van der Waals surface area (Å²) in [4.78, 5) is 23.4. The fourth-order valence-electron chi connectivity index (χ4n) is 1.67. The fraction of sp³-hybridized carbons (Fsp3) is 0.143. The number of nitrogens with two attached hydrogens (primary N) is 1. The number of thiophene rings is 1. The van der Waals surface area contributed by atoms with E-state index in [9.17, 15) is 9.59 Å². The Labute approximate surface area is 120 Å². The molecule has 5 nitrogen and oxygen atoms in total. The number of carbonyl (C=O) groups excluding carboxylic acids is 2. The van der Waals surface area contributed by atoms with Crippen LogP contribution in [0.25, 0.3) is 0 Å². The van der Waals surface area contributed by atoms with Gasteiger partial charge in [0.05, 0.1) is 18.2 Å². The molecule has 0 aliphatic carbocycles. The van der Waals surface area contributed by atoms with Gasteiger partial charge in [0, 0.05) is 22.5 Å². The molecule has 20 heavy (non-hydrogen) atoms. The number of primary amides is 1. The van der Waals surface area contributed by atoms with E-state index in [4.69, 9.17) is 5.73 Å². The third-order valence-corrected chi connectivity index (χ3v) is 3.63. The van der Waals surface area contributed by atoms with E-state index in [1.165, 1.54) is 18.4 Å². The van der Waals surface area contributed by atoms with E-state index in [1.54, 1.807) is 29.6 Å². The van der Waals surface area contributed by atoms with Gasteiger partial charge in [-0.05, 0) is 24.3 Å². The Morgan fingerprint density at radius 3 is 2.75 bits per heavy atom. The maximum Gasteiger partial charge on any atom is 0.337 e. The van der Waals surface area contributed by atoms with Gasteiger partial charge in [-0.1, -0.05) is 6.07 Å². The minimum absolute atomic E-state index is 0.374. The van der Waals surface area contributed by atoms with Crippen molar-refractivity contribution in [2.24, 2.45) is 5.73 Å². The molecule has 0 bridgehead atoms. The van der Waals surface area contributed by atoms with E-state index in [-0.39, 0.29) is 5.97 Å². The van der Waals surface area contributed by atoms with Crippen molar-refractivity contribution in [3.8, 4) is 0 Å². The molecule has 1 heterocycles. The van der Waals surface area contributed by atoms with Crippen LogP contribution >= 0.6 is 11.3 Å². The molecule has 104 valence electrons. The van der Waals surface area contributed by atoms with E-state index < -0.39 is 5.91 Å². The number of anilines is 1. The lowest BCUT2D eigenvalue weighted by Gasteiger charge is -2.06. The SMILES string of the molecule is COC(=O)c1cccc(NCc2cc(C(N)=O)cs2)c1. The third kappa shape index (κ3) is 3.36. The molecule has 1 aromatic carbocycles. The zero-order valence-corrected chi connectivity index (χ0v) is 11.7. The molecular weight excluding hydrogens is 276 g/mol. The van der Waals surface area contributed by atoms with Crippen LogP contribution < -0.4 is 11.1 Å². The quantitative estimate of drug-likeness (QED) is 0.827.